The first-order valence-corrected chi connectivity index (χ1v) is 5.94. The van der Waals surface area contributed by atoms with E-state index in [1.165, 1.54) is 0 Å². The van der Waals surface area contributed by atoms with Crippen LogP contribution < -0.4 is 15.4 Å². The lowest BCUT2D eigenvalue weighted by atomic mass is 10.3. The van der Waals surface area contributed by atoms with E-state index in [1.54, 1.807) is 7.11 Å². The minimum atomic E-state index is 0.135. The lowest BCUT2D eigenvalue weighted by Gasteiger charge is -2.24. The van der Waals surface area contributed by atoms with Crippen molar-refractivity contribution >= 4 is 11.9 Å². The molecule has 0 aliphatic carbocycles. The summed E-state index contributed by atoms with van der Waals surface area (Å²) in [7, 11) is 3.53. The Balaban J connectivity index is 2.84. The van der Waals surface area contributed by atoms with Gasteiger partial charge in [-0.2, -0.15) is 15.0 Å². The Labute approximate surface area is 107 Å². The molecular formula is C11H21N5O2. The summed E-state index contributed by atoms with van der Waals surface area (Å²) in [6.07, 6.45) is 0.886. The van der Waals surface area contributed by atoms with Crippen molar-refractivity contribution in [1.29, 1.82) is 0 Å². The van der Waals surface area contributed by atoms with E-state index in [4.69, 9.17) is 15.2 Å². The number of aromatic nitrogens is 3. The molecule has 1 heterocycles. The van der Waals surface area contributed by atoms with Crippen LogP contribution in [0.2, 0.25) is 0 Å². The van der Waals surface area contributed by atoms with Crippen LogP contribution in [0.1, 0.15) is 20.3 Å². The van der Waals surface area contributed by atoms with Gasteiger partial charge in [0.1, 0.15) is 0 Å². The van der Waals surface area contributed by atoms with Gasteiger partial charge in [0.2, 0.25) is 11.9 Å². The van der Waals surface area contributed by atoms with Gasteiger partial charge in [-0.3, -0.25) is 0 Å². The molecule has 0 aliphatic heterocycles. The number of nitrogen functional groups attached to an aromatic ring is 1. The molecule has 18 heavy (non-hydrogen) atoms. The van der Waals surface area contributed by atoms with Crippen LogP contribution in [0.4, 0.5) is 11.9 Å². The number of nitrogens with zero attached hydrogens (tertiary/aromatic N) is 4. The third-order valence-corrected chi connectivity index (χ3v) is 2.44. The lowest BCUT2D eigenvalue weighted by molar-refractivity contribution is 0.182. The zero-order valence-corrected chi connectivity index (χ0v) is 11.4. The number of hydrogen-bond donors (Lipinski definition) is 1. The molecule has 0 radical (unpaired) electrons. The second-order valence-electron chi connectivity index (χ2n) is 4.04. The highest BCUT2D eigenvalue weighted by Crippen LogP contribution is 2.14. The molecule has 0 saturated carbocycles. The number of likely N-dealkylation sites (N-methyl/N-ethyl adjacent to an activating group) is 1. The van der Waals surface area contributed by atoms with Crippen LogP contribution in [0.25, 0.3) is 0 Å². The Kier molecular flexibility index (Phi) is 5.57. The molecule has 0 bridgehead atoms. The molecule has 7 heteroatoms. The van der Waals surface area contributed by atoms with E-state index in [1.807, 2.05) is 25.8 Å². The van der Waals surface area contributed by atoms with Gasteiger partial charge >= 0.3 is 6.01 Å². The molecule has 1 atom stereocenters. The van der Waals surface area contributed by atoms with E-state index < -0.39 is 0 Å². The fourth-order valence-electron chi connectivity index (χ4n) is 1.33. The first-order valence-electron chi connectivity index (χ1n) is 5.94. The van der Waals surface area contributed by atoms with Gasteiger partial charge in [0, 0.05) is 14.2 Å². The highest BCUT2D eigenvalue weighted by atomic mass is 16.5. The first kappa shape index (κ1) is 14.4. The number of rotatable bonds is 7. The molecule has 1 aromatic rings. The van der Waals surface area contributed by atoms with Crippen molar-refractivity contribution in [3.8, 4) is 6.01 Å². The van der Waals surface area contributed by atoms with Gasteiger partial charge < -0.3 is 20.1 Å². The van der Waals surface area contributed by atoms with Crippen molar-refractivity contribution in [2.45, 2.75) is 26.3 Å². The zero-order valence-electron chi connectivity index (χ0n) is 11.4. The van der Waals surface area contributed by atoms with Crippen LogP contribution >= 0.6 is 0 Å². The van der Waals surface area contributed by atoms with Gasteiger partial charge in [0.25, 0.3) is 0 Å². The largest absolute Gasteiger partial charge is 0.463 e. The molecule has 1 rings (SSSR count). The quantitative estimate of drug-likeness (QED) is 0.768. The summed E-state index contributed by atoms with van der Waals surface area (Å²) >= 11 is 0. The Morgan fingerprint density at radius 1 is 1.33 bits per heavy atom. The Hall–Kier alpha value is -1.63. The summed E-state index contributed by atoms with van der Waals surface area (Å²) in [5.74, 6) is 0.640. The summed E-state index contributed by atoms with van der Waals surface area (Å²) in [5.41, 5.74) is 5.64. The zero-order chi connectivity index (χ0) is 13.5. The maximum Gasteiger partial charge on any atom is 0.323 e. The molecule has 0 aromatic carbocycles. The summed E-state index contributed by atoms with van der Waals surface area (Å²) in [4.78, 5) is 14.1. The van der Waals surface area contributed by atoms with Gasteiger partial charge in [0.15, 0.2) is 0 Å². The summed E-state index contributed by atoms with van der Waals surface area (Å²) in [6.45, 7) is 5.15. The number of methoxy groups -OCH3 is 1. The Bertz CT molecular complexity index is 374. The van der Waals surface area contributed by atoms with Crippen LogP contribution in [0.5, 0.6) is 6.01 Å². The van der Waals surface area contributed by atoms with Crippen LogP contribution in [0.15, 0.2) is 0 Å². The van der Waals surface area contributed by atoms with Crippen LogP contribution in [0, 0.1) is 0 Å². The number of ether oxygens (including phenoxy) is 2. The molecule has 1 unspecified atom stereocenters. The SMILES string of the molecule is CCCOc1nc(N)nc(N(C)C(C)COC)n1. The lowest BCUT2D eigenvalue weighted by Crippen LogP contribution is -2.34. The summed E-state index contributed by atoms with van der Waals surface area (Å²) in [5, 5.41) is 0. The van der Waals surface area contributed by atoms with E-state index in [-0.39, 0.29) is 18.0 Å². The van der Waals surface area contributed by atoms with Crippen molar-refractivity contribution in [1.82, 2.24) is 15.0 Å². The Morgan fingerprint density at radius 2 is 2.06 bits per heavy atom. The van der Waals surface area contributed by atoms with Gasteiger partial charge in [-0.1, -0.05) is 6.92 Å². The second-order valence-corrected chi connectivity index (χ2v) is 4.04. The van der Waals surface area contributed by atoms with Crippen LogP contribution in [-0.4, -0.2) is 48.4 Å². The highest BCUT2D eigenvalue weighted by Gasteiger charge is 2.15. The Morgan fingerprint density at radius 3 is 2.67 bits per heavy atom. The molecule has 7 nitrogen and oxygen atoms in total. The molecule has 0 spiro atoms. The van der Waals surface area contributed by atoms with Crippen LogP contribution in [0.3, 0.4) is 0 Å². The van der Waals surface area contributed by atoms with E-state index in [0.29, 0.717) is 19.2 Å². The molecule has 102 valence electrons. The molecule has 1 aromatic heterocycles. The van der Waals surface area contributed by atoms with Crippen molar-refractivity contribution < 1.29 is 9.47 Å². The second kappa shape index (κ2) is 6.95. The van der Waals surface area contributed by atoms with Gasteiger partial charge in [-0.25, -0.2) is 0 Å². The third-order valence-electron chi connectivity index (χ3n) is 2.44. The van der Waals surface area contributed by atoms with Gasteiger partial charge in [-0.05, 0) is 13.3 Å². The van der Waals surface area contributed by atoms with Crippen molar-refractivity contribution in [3.63, 3.8) is 0 Å². The predicted octanol–water partition coefficient (Wildman–Crippen LogP) is 0.714. The summed E-state index contributed by atoms with van der Waals surface area (Å²) in [6, 6.07) is 0.395. The molecular weight excluding hydrogens is 234 g/mol. The van der Waals surface area contributed by atoms with Crippen molar-refractivity contribution in [3.05, 3.63) is 0 Å². The minimum absolute atomic E-state index is 0.135. The van der Waals surface area contributed by atoms with E-state index in [0.717, 1.165) is 6.42 Å². The van der Waals surface area contributed by atoms with E-state index in [9.17, 15) is 0 Å². The van der Waals surface area contributed by atoms with E-state index >= 15 is 0 Å². The average Bonchev–Trinajstić information content (AvgIpc) is 2.35. The van der Waals surface area contributed by atoms with Gasteiger partial charge in [-0.15, -0.1) is 0 Å². The summed E-state index contributed by atoms with van der Waals surface area (Å²) < 4.78 is 10.5. The maximum atomic E-state index is 5.64. The van der Waals surface area contributed by atoms with Gasteiger partial charge in [0.05, 0.1) is 19.3 Å². The molecule has 0 aliphatic rings. The number of hydrogen-bond acceptors (Lipinski definition) is 7. The highest BCUT2D eigenvalue weighted by molar-refractivity contribution is 5.36. The fourth-order valence-corrected chi connectivity index (χ4v) is 1.33. The smallest absolute Gasteiger partial charge is 0.323 e. The predicted molar refractivity (Wildman–Crippen MR) is 69.8 cm³/mol. The van der Waals surface area contributed by atoms with Crippen molar-refractivity contribution in [2.75, 3.05) is 38.0 Å². The third kappa shape index (κ3) is 3.99. The fraction of sp³-hybridized carbons (Fsp3) is 0.727. The molecule has 0 amide bonds. The van der Waals surface area contributed by atoms with E-state index in [2.05, 4.69) is 15.0 Å². The van der Waals surface area contributed by atoms with Crippen molar-refractivity contribution in [2.24, 2.45) is 0 Å². The van der Waals surface area contributed by atoms with Crippen LogP contribution in [-0.2, 0) is 4.74 Å². The number of anilines is 2. The topological polar surface area (TPSA) is 86.4 Å². The standard InChI is InChI=1S/C11H21N5O2/c1-5-6-18-11-14-9(12)13-10(15-11)16(3)8(2)7-17-4/h8H,5-7H2,1-4H3,(H2,12,13,14,15). The monoisotopic (exact) mass is 255 g/mol. The molecule has 0 saturated heterocycles. The average molecular weight is 255 g/mol. The maximum absolute atomic E-state index is 5.64. The normalized spacial score (nSPS) is 12.2. The molecule has 0 fully saturated rings. The number of nitrogens with two attached hydrogens (primary N) is 1. The first-order chi connectivity index (χ1) is 8.58. The minimum Gasteiger partial charge on any atom is -0.463 e. The molecule has 2 N–H and O–H groups in total.